The fourth-order valence-corrected chi connectivity index (χ4v) is 3.99. The second-order valence-electron chi connectivity index (χ2n) is 7.53. The molecule has 1 N–H and O–H groups in total. The minimum atomic E-state index is -0.688. The van der Waals surface area contributed by atoms with Crippen LogP contribution < -0.4 is 0 Å². The highest BCUT2D eigenvalue weighted by Gasteiger charge is 2.33. The molecule has 0 atom stereocenters. The molecule has 0 bridgehead atoms. The molecule has 5 nitrogen and oxygen atoms in total. The van der Waals surface area contributed by atoms with E-state index in [0.29, 0.717) is 6.54 Å². The molecule has 1 saturated heterocycles. The molecule has 0 amide bonds. The van der Waals surface area contributed by atoms with Gasteiger partial charge in [-0.25, -0.2) is 9.37 Å². The lowest BCUT2D eigenvalue weighted by atomic mass is 9.91. The number of imidazole rings is 1. The molecular weight excluding hydrogens is 331 g/mol. The molecule has 1 aliphatic heterocycles. The first kappa shape index (κ1) is 17.2. The van der Waals surface area contributed by atoms with Crippen LogP contribution in [-0.2, 0) is 20.1 Å². The van der Waals surface area contributed by atoms with Crippen LogP contribution in [0.15, 0.2) is 36.8 Å². The summed E-state index contributed by atoms with van der Waals surface area (Å²) in [6.07, 6.45) is 7.23. The Hall–Kier alpha value is -2.18. The highest BCUT2D eigenvalue weighted by atomic mass is 19.1. The van der Waals surface area contributed by atoms with Crippen LogP contribution in [0.4, 0.5) is 4.39 Å². The number of aryl methyl sites for hydroxylation is 2. The quantitative estimate of drug-likeness (QED) is 0.782. The molecule has 0 spiro atoms. The number of hydrogen-bond donors (Lipinski definition) is 1. The molecule has 2 aromatic heterocycles. The molecule has 1 aromatic carbocycles. The van der Waals surface area contributed by atoms with Crippen LogP contribution in [0, 0.1) is 12.7 Å². The summed E-state index contributed by atoms with van der Waals surface area (Å²) in [5.74, 6) is 0.729. The average Bonchev–Trinajstić information content (AvgIpc) is 3.13. The minimum absolute atomic E-state index is 0.200. The van der Waals surface area contributed by atoms with Gasteiger partial charge in [0, 0.05) is 56.2 Å². The van der Waals surface area contributed by atoms with E-state index in [1.54, 1.807) is 12.3 Å². The molecule has 0 radical (unpaired) electrons. The first-order chi connectivity index (χ1) is 12.4. The summed E-state index contributed by atoms with van der Waals surface area (Å²) in [5.41, 5.74) is 1.50. The van der Waals surface area contributed by atoms with Crippen LogP contribution >= 0.6 is 0 Å². The maximum absolute atomic E-state index is 13.7. The second kappa shape index (κ2) is 6.52. The number of halogens is 1. The fraction of sp³-hybridized carbons (Fsp3) is 0.450. The highest BCUT2D eigenvalue weighted by molar-refractivity contribution is 5.84. The number of piperidine rings is 1. The normalized spacial score (nSPS) is 17.8. The van der Waals surface area contributed by atoms with Crippen molar-refractivity contribution in [1.29, 1.82) is 0 Å². The molecule has 3 aromatic rings. The Morgan fingerprint density at radius 1 is 1.27 bits per heavy atom. The van der Waals surface area contributed by atoms with Gasteiger partial charge in [-0.3, -0.25) is 4.90 Å². The third-order valence-electron chi connectivity index (χ3n) is 5.60. The van der Waals surface area contributed by atoms with Gasteiger partial charge < -0.3 is 14.2 Å². The van der Waals surface area contributed by atoms with Crippen molar-refractivity contribution in [2.24, 2.45) is 7.05 Å². The van der Waals surface area contributed by atoms with Gasteiger partial charge in [0.25, 0.3) is 0 Å². The number of benzene rings is 1. The van der Waals surface area contributed by atoms with E-state index in [-0.39, 0.29) is 5.82 Å². The van der Waals surface area contributed by atoms with Gasteiger partial charge in [-0.1, -0.05) is 0 Å². The summed E-state index contributed by atoms with van der Waals surface area (Å²) in [7, 11) is 1.99. The molecule has 138 valence electrons. The van der Waals surface area contributed by atoms with E-state index < -0.39 is 5.60 Å². The van der Waals surface area contributed by atoms with E-state index in [0.717, 1.165) is 54.8 Å². The number of aliphatic hydroxyl groups is 1. The molecule has 1 aliphatic rings. The molecule has 0 saturated carbocycles. The first-order valence-corrected chi connectivity index (χ1v) is 9.09. The van der Waals surface area contributed by atoms with E-state index in [2.05, 4.69) is 16.1 Å². The van der Waals surface area contributed by atoms with Gasteiger partial charge in [0.05, 0.1) is 12.1 Å². The third kappa shape index (κ3) is 3.27. The van der Waals surface area contributed by atoms with E-state index in [1.807, 2.05) is 35.4 Å². The Morgan fingerprint density at radius 2 is 2.04 bits per heavy atom. The standard InChI is InChI=1S/C20H25FN4O/c1-15-22-7-10-25(15)14-20(26)5-8-24(9-6-20)13-16-12-23(2)19-4-3-17(21)11-18(16)19/h3-4,7,10-12,26H,5-6,8-9,13-14H2,1-2H3. The Morgan fingerprint density at radius 3 is 2.73 bits per heavy atom. The molecule has 1 fully saturated rings. The largest absolute Gasteiger partial charge is 0.388 e. The van der Waals surface area contributed by atoms with Gasteiger partial charge in [0.1, 0.15) is 11.6 Å². The van der Waals surface area contributed by atoms with Gasteiger partial charge >= 0.3 is 0 Å². The van der Waals surface area contributed by atoms with Crippen molar-refractivity contribution in [2.75, 3.05) is 13.1 Å². The van der Waals surface area contributed by atoms with E-state index in [9.17, 15) is 9.50 Å². The lowest BCUT2D eigenvalue weighted by Gasteiger charge is -2.38. The van der Waals surface area contributed by atoms with Gasteiger partial charge in [-0.15, -0.1) is 0 Å². The highest BCUT2D eigenvalue weighted by Crippen LogP contribution is 2.28. The van der Waals surface area contributed by atoms with Crippen molar-refractivity contribution < 1.29 is 9.50 Å². The summed E-state index contributed by atoms with van der Waals surface area (Å²) in [5, 5.41) is 11.9. The summed E-state index contributed by atoms with van der Waals surface area (Å²) in [6.45, 7) is 4.98. The topological polar surface area (TPSA) is 46.2 Å². The summed E-state index contributed by atoms with van der Waals surface area (Å²) in [4.78, 5) is 6.57. The zero-order valence-electron chi connectivity index (χ0n) is 15.3. The van der Waals surface area contributed by atoms with Crippen LogP contribution in [0.3, 0.4) is 0 Å². The van der Waals surface area contributed by atoms with E-state index in [4.69, 9.17) is 0 Å². The number of aromatic nitrogens is 3. The Bertz CT molecular complexity index is 921. The molecule has 0 unspecified atom stereocenters. The van der Waals surface area contributed by atoms with Crippen molar-refractivity contribution in [1.82, 2.24) is 19.0 Å². The first-order valence-electron chi connectivity index (χ1n) is 9.09. The molecule has 26 heavy (non-hydrogen) atoms. The maximum Gasteiger partial charge on any atom is 0.123 e. The predicted molar refractivity (Wildman–Crippen MR) is 99.3 cm³/mol. The van der Waals surface area contributed by atoms with Crippen molar-refractivity contribution in [3.8, 4) is 0 Å². The Balaban J connectivity index is 1.44. The van der Waals surface area contributed by atoms with E-state index >= 15 is 0 Å². The molecule has 0 aliphatic carbocycles. The van der Waals surface area contributed by atoms with Gasteiger partial charge in [0.15, 0.2) is 0 Å². The zero-order chi connectivity index (χ0) is 18.3. The number of likely N-dealkylation sites (tertiary alicyclic amines) is 1. The van der Waals surface area contributed by atoms with Crippen molar-refractivity contribution in [3.05, 3.63) is 54.0 Å². The van der Waals surface area contributed by atoms with Gasteiger partial charge in [0.2, 0.25) is 0 Å². The molecule has 6 heteroatoms. The number of fused-ring (bicyclic) bond motifs is 1. The molecule has 4 rings (SSSR count). The van der Waals surface area contributed by atoms with Crippen LogP contribution in [0.1, 0.15) is 24.2 Å². The summed E-state index contributed by atoms with van der Waals surface area (Å²) < 4.78 is 17.7. The molecular formula is C20H25FN4O. The number of rotatable bonds is 4. The fourth-order valence-electron chi connectivity index (χ4n) is 3.99. The van der Waals surface area contributed by atoms with Crippen molar-refractivity contribution in [3.63, 3.8) is 0 Å². The summed E-state index contributed by atoms with van der Waals surface area (Å²) in [6, 6.07) is 4.95. The van der Waals surface area contributed by atoms with Crippen LogP contribution in [0.2, 0.25) is 0 Å². The van der Waals surface area contributed by atoms with Gasteiger partial charge in [-0.05, 0) is 43.5 Å². The monoisotopic (exact) mass is 356 g/mol. The number of nitrogens with zero attached hydrogens (tertiary/aromatic N) is 4. The minimum Gasteiger partial charge on any atom is -0.388 e. The maximum atomic E-state index is 13.7. The number of hydrogen-bond acceptors (Lipinski definition) is 3. The van der Waals surface area contributed by atoms with Crippen LogP contribution in [0.5, 0.6) is 0 Å². The SMILES string of the molecule is Cc1nccn1CC1(O)CCN(Cc2cn(C)c3ccc(F)cc23)CC1. The lowest BCUT2D eigenvalue weighted by molar-refractivity contribution is -0.0360. The predicted octanol–water partition coefficient (Wildman–Crippen LogP) is 2.85. The van der Waals surface area contributed by atoms with E-state index in [1.165, 1.54) is 6.07 Å². The Kier molecular flexibility index (Phi) is 4.32. The smallest absolute Gasteiger partial charge is 0.123 e. The van der Waals surface area contributed by atoms with Crippen molar-refractivity contribution in [2.45, 2.75) is 38.5 Å². The lowest BCUT2D eigenvalue weighted by Crippen LogP contribution is -2.46. The third-order valence-corrected chi connectivity index (χ3v) is 5.60. The summed E-state index contributed by atoms with van der Waals surface area (Å²) >= 11 is 0. The van der Waals surface area contributed by atoms with Crippen LogP contribution in [-0.4, -0.2) is 42.8 Å². The molecule has 3 heterocycles. The van der Waals surface area contributed by atoms with Crippen molar-refractivity contribution >= 4 is 10.9 Å². The van der Waals surface area contributed by atoms with Crippen LogP contribution in [0.25, 0.3) is 10.9 Å². The Labute approximate surface area is 152 Å². The second-order valence-corrected chi connectivity index (χ2v) is 7.53. The average molecular weight is 356 g/mol. The zero-order valence-corrected chi connectivity index (χ0v) is 15.3. The van der Waals surface area contributed by atoms with Gasteiger partial charge in [-0.2, -0.15) is 0 Å².